The second-order valence-electron chi connectivity index (χ2n) is 4.65. The van der Waals surface area contributed by atoms with Gasteiger partial charge in [-0.2, -0.15) is 0 Å². The molecule has 2 amide bonds. The third-order valence-electron chi connectivity index (χ3n) is 2.89. The van der Waals surface area contributed by atoms with E-state index >= 15 is 0 Å². The molecule has 22 heavy (non-hydrogen) atoms. The minimum atomic E-state index is -0.390. The van der Waals surface area contributed by atoms with Gasteiger partial charge in [0.25, 0.3) is 11.8 Å². The van der Waals surface area contributed by atoms with Gasteiger partial charge in [0.2, 0.25) is 0 Å². The molecular formula is C16H16FN3O2. The van der Waals surface area contributed by atoms with Crippen molar-refractivity contribution in [2.45, 2.75) is 13.3 Å². The predicted molar refractivity (Wildman–Crippen MR) is 81.2 cm³/mol. The topological polar surface area (TPSA) is 71.1 Å². The first-order valence-electron chi connectivity index (χ1n) is 6.91. The van der Waals surface area contributed by atoms with Crippen molar-refractivity contribution in [1.82, 2.24) is 10.3 Å². The van der Waals surface area contributed by atoms with Crippen molar-refractivity contribution in [2.75, 3.05) is 11.9 Å². The number of benzene rings is 1. The number of rotatable bonds is 5. The van der Waals surface area contributed by atoms with Crippen LogP contribution in [0.2, 0.25) is 0 Å². The van der Waals surface area contributed by atoms with E-state index in [2.05, 4.69) is 15.6 Å². The summed E-state index contributed by atoms with van der Waals surface area (Å²) in [5, 5.41) is 5.33. The molecule has 1 aromatic heterocycles. The SMILES string of the molecule is CCCNC(=O)c1cc(C(=O)Nc2ccc(F)cc2)ccn1. The largest absolute Gasteiger partial charge is 0.351 e. The minimum absolute atomic E-state index is 0.181. The van der Waals surface area contributed by atoms with Gasteiger partial charge in [0, 0.05) is 24.0 Å². The van der Waals surface area contributed by atoms with Crippen molar-refractivity contribution < 1.29 is 14.0 Å². The zero-order valence-electron chi connectivity index (χ0n) is 12.1. The summed E-state index contributed by atoms with van der Waals surface area (Å²) in [4.78, 5) is 27.9. The molecule has 114 valence electrons. The molecule has 1 aromatic carbocycles. The quantitative estimate of drug-likeness (QED) is 0.891. The van der Waals surface area contributed by atoms with E-state index in [1.165, 1.54) is 42.6 Å². The van der Waals surface area contributed by atoms with Crippen molar-refractivity contribution >= 4 is 17.5 Å². The van der Waals surface area contributed by atoms with Crippen LogP contribution in [0.25, 0.3) is 0 Å². The first-order chi connectivity index (χ1) is 10.6. The van der Waals surface area contributed by atoms with Crippen LogP contribution in [0.1, 0.15) is 34.2 Å². The van der Waals surface area contributed by atoms with Crippen LogP contribution in [0.15, 0.2) is 42.6 Å². The lowest BCUT2D eigenvalue weighted by Crippen LogP contribution is -2.25. The molecule has 0 saturated heterocycles. The van der Waals surface area contributed by atoms with Gasteiger partial charge in [-0.25, -0.2) is 4.39 Å². The fourth-order valence-electron chi connectivity index (χ4n) is 1.76. The van der Waals surface area contributed by atoms with Gasteiger partial charge in [-0.3, -0.25) is 14.6 Å². The standard InChI is InChI=1S/C16H16FN3O2/c1-2-8-19-16(22)14-10-11(7-9-18-14)15(21)20-13-5-3-12(17)4-6-13/h3-7,9-10H,2,8H2,1H3,(H,19,22)(H,20,21). The first-order valence-corrected chi connectivity index (χ1v) is 6.91. The summed E-state index contributed by atoms with van der Waals surface area (Å²) in [5.74, 6) is -1.09. The molecule has 0 fully saturated rings. The van der Waals surface area contributed by atoms with Crippen LogP contribution in [0, 0.1) is 5.82 Å². The second kappa shape index (κ2) is 7.31. The average molecular weight is 301 g/mol. The van der Waals surface area contributed by atoms with Crippen LogP contribution >= 0.6 is 0 Å². The maximum absolute atomic E-state index is 12.8. The fraction of sp³-hybridized carbons (Fsp3) is 0.188. The lowest BCUT2D eigenvalue weighted by atomic mass is 10.2. The normalized spacial score (nSPS) is 10.1. The third-order valence-corrected chi connectivity index (χ3v) is 2.89. The Labute approximate surface area is 127 Å². The van der Waals surface area contributed by atoms with Crippen LogP contribution in [0.4, 0.5) is 10.1 Å². The molecule has 0 aliphatic heterocycles. The van der Waals surface area contributed by atoms with Crippen molar-refractivity contribution in [1.29, 1.82) is 0 Å². The molecule has 0 unspecified atom stereocenters. The lowest BCUT2D eigenvalue weighted by Gasteiger charge is -2.07. The minimum Gasteiger partial charge on any atom is -0.351 e. The highest BCUT2D eigenvalue weighted by Gasteiger charge is 2.11. The average Bonchev–Trinajstić information content (AvgIpc) is 2.54. The molecule has 6 heteroatoms. The Morgan fingerprint density at radius 2 is 1.86 bits per heavy atom. The van der Waals surface area contributed by atoms with E-state index in [1.807, 2.05) is 6.92 Å². The van der Waals surface area contributed by atoms with Crippen LogP contribution in [-0.2, 0) is 0 Å². The van der Waals surface area contributed by atoms with Crippen molar-refractivity contribution in [3.05, 3.63) is 59.7 Å². The van der Waals surface area contributed by atoms with Gasteiger partial charge < -0.3 is 10.6 Å². The maximum Gasteiger partial charge on any atom is 0.269 e. The summed E-state index contributed by atoms with van der Waals surface area (Å²) in [6.45, 7) is 2.49. The van der Waals surface area contributed by atoms with E-state index in [0.717, 1.165) is 6.42 Å². The maximum atomic E-state index is 12.8. The van der Waals surface area contributed by atoms with Gasteiger partial charge >= 0.3 is 0 Å². The highest BCUT2D eigenvalue weighted by atomic mass is 19.1. The molecule has 0 saturated carbocycles. The Balaban J connectivity index is 2.09. The van der Waals surface area contributed by atoms with E-state index in [1.54, 1.807) is 0 Å². The Morgan fingerprint density at radius 3 is 2.55 bits per heavy atom. The molecular weight excluding hydrogens is 285 g/mol. The van der Waals surface area contributed by atoms with Gasteiger partial charge in [0.1, 0.15) is 11.5 Å². The molecule has 5 nitrogen and oxygen atoms in total. The summed E-state index contributed by atoms with van der Waals surface area (Å²) in [5.41, 5.74) is 0.960. The number of amides is 2. The van der Waals surface area contributed by atoms with Crippen molar-refractivity contribution in [3.63, 3.8) is 0 Å². The van der Waals surface area contributed by atoms with Gasteiger partial charge in [0.15, 0.2) is 0 Å². The predicted octanol–water partition coefficient (Wildman–Crippen LogP) is 2.61. The zero-order valence-corrected chi connectivity index (χ0v) is 12.1. The number of anilines is 1. The Hall–Kier alpha value is -2.76. The number of carbonyl (C=O) groups excluding carboxylic acids is 2. The number of hydrogen-bond donors (Lipinski definition) is 2. The van der Waals surface area contributed by atoms with Crippen molar-refractivity contribution in [3.8, 4) is 0 Å². The highest BCUT2D eigenvalue weighted by molar-refractivity contribution is 6.05. The van der Waals surface area contributed by atoms with Gasteiger partial charge in [0.05, 0.1) is 0 Å². The van der Waals surface area contributed by atoms with Gasteiger partial charge in [-0.15, -0.1) is 0 Å². The molecule has 0 aliphatic rings. The first kappa shape index (κ1) is 15.6. The number of hydrogen-bond acceptors (Lipinski definition) is 3. The summed E-state index contributed by atoms with van der Waals surface area (Å²) in [6.07, 6.45) is 2.22. The van der Waals surface area contributed by atoms with Crippen LogP contribution in [0.3, 0.4) is 0 Å². The molecule has 2 aromatic rings. The van der Waals surface area contributed by atoms with Crippen molar-refractivity contribution in [2.24, 2.45) is 0 Å². The third kappa shape index (κ3) is 4.12. The summed E-state index contributed by atoms with van der Waals surface area (Å²) >= 11 is 0. The van der Waals surface area contributed by atoms with E-state index in [0.29, 0.717) is 17.8 Å². The molecule has 0 aliphatic carbocycles. The molecule has 0 bridgehead atoms. The van der Waals surface area contributed by atoms with Crippen LogP contribution < -0.4 is 10.6 Å². The molecule has 2 rings (SSSR count). The van der Waals surface area contributed by atoms with Gasteiger partial charge in [-0.1, -0.05) is 6.92 Å². The monoisotopic (exact) mass is 301 g/mol. The second-order valence-corrected chi connectivity index (χ2v) is 4.65. The number of aromatic nitrogens is 1. The van der Waals surface area contributed by atoms with Crippen LogP contribution in [0.5, 0.6) is 0 Å². The zero-order chi connectivity index (χ0) is 15.9. The Kier molecular flexibility index (Phi) is 5.19. The summed E-state index contributed by atoms with van der Waals surface area (Å²) < 4.78 is 12.8. The number of pyridine rings is 1. The molecule has 1 heterocycles. The van der Waals surface area contributed by atoms with Crippen LogP contribution in [-0.4, -0.2) is 23.3 Å². The van der Waals surface area contributed by atoms with Gasteiger partial charge in [-0.05, 0) is 42.8 Å². The molecule has 2 N–H and O–H groups in total. The molecule has 0 radical (unpaired) electrons. The number of halogens is 1. The molecule has 0 atom stereocenters. The smallest absolute Gasteiger partial charge is 0.269 e. The molecule has 0 spiro atoms. The lowest BCUT2D eigenvalue weighted by molar-refractivity contribution is 0.0948. The number of carbonyl (C=O) groups is 2. The Bertz CT molecular complexity index is 671. The number of nitrogens with zero attached hydrogens (tertiary/aromatic N) is 1. The highest BCUT2D eigenvalue weighted by Crippen LogP contribution is 2.11. The number of nitrogens with one attached hydrogen (secondary N) is 2. The fourth-order valence-corrected chi connectivity index (χ4v) is 1.76. The summed E-state index contributed by atoms with van der Waals surface area (Å²) in [6, 6.07) is 8.36. The van der Waals surface area contributed by atoms with E-state index < -0.39 is 5.91 Å². The van der Waals surface area contributed by atoms with E-state index in [-0.39, 0.29) is 17.4 Å². The Morgan fingerprint density at radius 1 is 1.14 bits per heavy atom. The van der Waals surface area contributed by atoms with E-state index in [4.69, 9.17) is 0 Å². The summed E-state index contributed by atoms with van der Waals surface area (Å²) in [7, 11) is 0. The van der Waals surface area contributed by atoms with E-state index in [9.17, 15) is 14.0 Å².